The van der Waals surface area contributed by atoms with E-state index in [4.69, 9.17) is 12.2 Å². The molecule has 0 aliphatic carbocycles. The monoisotopic (exact) mass is 270 g/mol. The van der Waals surface area contributed by atoms with E-state index in [1.165, 1.54) is 5.69 Å². The predicted molar refractivity (Wildman–Crippen MR) is 79.0 cm³/mol. The number of rotatable bonds is 6. The van der Waals surface area contributed by atoms with Gasteiger partial charge >= 0.3 is 0 Å². The molecule has 96 valence electrons. The van der Waals surface area contributed by atoms with Crippen LogP contribution < -0.4 is 0 Å². The Morgan fingerprint density at radius 2 is 2.00 bits per heavy atom. The third-order valence-electron chi connectivity index (χ3n) is 2.17. The number of thioether (sulfide) groups is 1. The van der Waals surface area contributed by atoms with Gasteiger partial charge in [-0.2, -0.15) is 11.8 Å². The minimum Gasteiger partial charge on any atom is -0.346 e. The molecule has 1 aromatic heterocycles. The number of H-pyrrole nitrogens is 1. The smallest absolute Gasteiger partial charge is 0.130 e. The van der Waals surface area contributed by atoms with E-state index in [2.05, 4.69) is 37.7 Å². The van der Waals surface area contributed by atoms with Crippen LogP contribution >= 0.6 is 24.0 Å². The highest BCUT2D eigenvalue weighted by Crippen LogP contribution is 2.14. The van der Waals surface area contributed by atoms with Gasteiger partial charge in [-0.1, -0.05) is 39.9 Å². The quantitative estimate of drug-likeness (QED) is 0.784. The molecule has 0 aliphatic heterocycles. The Balaban J connectivity index is 2.65. The average molecular weight is 270 g/mol. The van der Waals surface area contributed by atoms with Crippen LogP contribution in [0.15, 0.2) is 6.07 Å². The van der Waals surface area contributed by atoms with Gasteiger partial charge in [-0.05, 0) is 30.1 Å². The molecule has 4 heteroatoms. The normalized spacial score (nSPS) is 11.4. The zero-order valence-corrected chi connectivity index (χ0v) is 12.8. The fourth-order valence-corrected chi connectivity index (χ4v) is 2.74. The number of nitrogens with zero attached hydrogens (tertiary/aromatic N) is 1. The van der Waals surface area contributed by atoms with E-state index in [-0.39, 0.29) is 0 Å². The summed E-state index contributed by atoms with van der Waals surface area (Å²) in [5, 5.41) is 0. The first-order valence-corrected chi connectivity index (χ1v) is 7.70. The standard InChI is InChI=1S/C13H22N2S2/c1-9(2)5-11-6-13(16)15-12(14-11)8-17-7-10(3)4/h6,9-10H,5,7-8H2,1-4H3,(H,14,15,16). The summed E-state index contributed by atoms with van der Waals surface area (Å²) in [5.74, 6) is 4.46. The Morgan fingerprint density at radius 1 is 1.29 bits per heavy atom. The summed E-state index contributed by atoms with van der Waals surface area (Å²) in [6.07, 6.45) is 1.04. The van der Waals surface area contributed by atoms with E-state index < -0.39 is 0 Å². The Kier molecular flexibility index (Phi) is 6.20. The van der Waals surface area contributed by atoms with Crippen LogP contribution in [-0.2, 0) is 12.2 Å². The summed E-state index contributed by atoms with van der Waals surface area (Å²) in [5.41, 5.74) is 1.21. The second-order valence-corrected chi connectivity index (χ2v) is 6.65. The highest BCUT2D eigenvalue weighted by molar-refractivity contribution is 7.98. The van der Waals surface area contributed by atoms with Crippen molar-refractivity contribution in [1.82, 2.24) is 9.97 Å². The molecule has 0 saturated carbocycles. The minimum absolute atomic E-state index is 0.638. The van der Waals surface area contributed by atoms with Crippen molar-refractivity contribution in [3.63, 3.8) is 0 Å². The van der Waals surface area contributed by atoms with Crippen LogP contribution in [0.25, 0.3) is 0 Å². The predicted octanol–water partition coefficient (Wildman–Crippen LogP) is 4.23. The Morgan fingerprint density at radius 3 is 2.59 bits per heavy atom. The summed E-state index contributed by atoms with van der Waals surface area (Å²) in [4.78, 5) is 7.77. The van der Waals surface area contributed by atoms with Crippen molar-refractivity contribution in [2.24, 2.45) is 11.8 Å². The van der Waals surface area contributed by atoms with E-state index in [0.29, 0.717) is 10.6 Å². The van der Waals surface area contributed by atoms with Crippen LogP contribution in [0.4, 0.5) is 0 Å². The van der Waals surface area contributed by atoms with Gasteiger partial charge in [-0.15, -0.1) is 0 Å². The summed E-state index contributed by atoms with van der Waals surface area (Å²) in [6, 6.07) is 1.98. The number of aromatic amines is 1. The SMILES string of the molecule is CC(C)CSCc1nc(=S)cc(CC(C)C)[nH]1. The average Bonchev–Trinajstić information content (AvgIpc) is 2.14. The second-order valence-electron chi connectivity index (χ2n) is 5.20. The largest absolute Gasteiger partial charge is 0.346 e. The number of hydrogen-bond acceptors (Lipinski definition) is 3. The van der Waals surface area contributed by atoms with E-state index >= 15 is 0 Å². The lowest BCUT2D eigenvalue weighted by molar-refractivity contribution is 0.631. The van der Waals surface area contributed by atoms with Crippen LogP contribution in [0.3, 0.4) is 0 Å². The van der Waals surface area contributed by atoms with E-state index in [9.17, 15) is 0 Å². The maximum atomic E-state index is 5.20. The third-order valence-corrected chi connectivity index (χ3v) is 3.75. The van der Waals surface area contributed by atoms with Crippen molar-refractivity contribution in [1.29, 1.82) is 0 Å². The lowest BCUT2D eigenvalue weighted by atomic mass is 10.1. The zero-order chi connectivity index (χ0) is 12.8. The van der Waals surface area contributed by atoms with Crippen LogP contribution in [-0.4, -0.2) is 15.7 Å². The van der Waals surface area contributed by atoms with Crippen LogP contribution in [0.2, 0.25) is 0 Å². The highest BCUT2D eigenvalue weighted by Gasteiger charge is 2.03. The summed E-state index contributed by atoms with van der Waals surface area (Å²) in [6.45, 7) is 8.89. The summed E-state index contributed by atoms with van der Waals surface area (Å²) >= 11 is 7.11. The molecule has 0 aliphatic rings. The fourth-order valence-electron chi connectivity index (χ4n) is 1.57. The van der Waals surface area contributed by atoms with Crippen molar-refractivity contribution >= 4 is 24.0 Å². The molecule has 0 atom stereocenters. The Bertz CT molecular complexity index is 397. The molecule has 0 unspecified atom stereocenters. The molecule has 0 bridgehead atoms. The highest BCUT2D eigenvalue weighted by atomic mass is 32.2. The first kappa shape index (κ1) is 14.7. The molecule has 1 heterocycles. The number of aromatic nitrogens is 2. The molecule has 0 radical (unpaired) electrons. The van der Waals surface area contributed by atoms with Gasteiger partial charge in [0.1, 0.15) is 10.5 Å². The molecule has 17 heavy (non-hydrogen) atoms. The Labute approximate surface area is 114 Å². The molecule has 0 fully saturated rings. The van der Waals surface area contributed by atoms with Crippen molar-refractivity contribution < 1.29 is 0 Å². The molecule has 0 spiro atoms. The van der Waals surface area contributed by atoms with E-state index in [0.717, 1.165) is 29.7 Å². The van der Waals surface area contributed by atoms with E-state index in [1.807, 2.05) is 17.8 Å². The lowest BCUT2D eigenvalue weighted by Crippen LogP contribution is -2.03. The molecule has 2 nitrogen and oxygen atoms in total. The zero-order valence-electron chi connectivity index (χ0n) is 11.1. The number of nitrogens with one attached hydrogen (secondary N) is 1. The molecule has 1 rings (SSSR count). The molecule has 1 N–H and O–H groups in total. The second kappa shape index (κ2) is 7.17. The fraction of sp³-hybridized carbons (Fsp3) is 0.692. The van der Waals surface area contributed by atoms with Gasteiger partial charge < -0.3 is 4.98 Å². The van der Waals surface area contributed by atoms with Crippen molar-refractivity contribution in [3.8, 4) is 0 Å². The van der Waals surface area contributed by atoms with Gasteiger partial charge in [0.15, 0.2) is 0 Å². The van der Waals surface area contributed by atoms with Gasteiger partial charge in [-0.25, -0.2) is 4.98 Å². The lowest BCUT2D eigenvalue weighted by Gasteiger charge is -2.08. The van der Waals surface area contributed by atoms with Gasteiger partial charge in [0, 0.05) is 5.69 Å². The van der Waals surface area contributed by atoms with Crippen molar-refractivity contribution in [2.45, 2.75) is 39.9 Å². The minimum atomic E-state index is 0.638. The van der Waals surface area contributed by atoms with Gasteiger partial charge in [0.25, 0.3) is 0 Å². The van der Waals surface area contributed by atoms with Gasteiger partial charge in [0.05, 0.1) is 5.75 Å². The molecule has 1 aromatic rings. The Hall–Kier alpha value is -0.350. The van der Waals surface area contributed by atoms with Crippen LogP contribution in [0, 0.1) is 16.5 Å². The molecular weight excluding hydrogens is 248 g/mol. The summed E-state index contributed by atoms with van der Waals surface area (Å²) < 4.78 is 0.708. The van der Waals surface area contributed by atoms with Crippen LogP contribution in [0.1, 0.15) is 39.2 Å². The van der Waals surface area contributed by atoms with Gasteiger partial charge in [0.2, 0.25) is 0 Å². The van der Waals surface area contributed by atoms with Crippen molar-refractivity contribution in [3.05, 3.63) is 22.2 Å². The van der Waals surface area contributed by atoms with Gasteiger partial charge in [-0.3, -0.25) is 0 Å². The topological polar surface area (TPSA) is 28.7 Å². The molecule has 0 aromatic carbocycles. The van der Waals surface area contributed by atoms with E-state index in [1.54, 1.807) is 0 Å². The first-order chi connectivity index (χ1) is 7.97. The van der Waals surface area contributed by atoms with Crippen molar-refractivity contribution in [2.75, 3.05) is 5.75 Å². The maximum absolute atomic E-state index is 5.20. The molecular formula is C13H22N2S2. The maximum Gasteiger partial charge on any atom is 0.130 e. The first-order valence-electron chi connectivity index (χ1n) is 6.14. The molecule has 0 amide bonds. The molecule has 0 saturated heterocycles. The third kappa shape index (κ3) is 6.22. The van der Waals surface area contributed by atoms with Crippen LogP contribution in [0.5, 0.6) is 0 Å². The summed E-state index contributed by atoms with van der Waals surface area (Å²) in [7, 11) is 0. The number of hydrogen-bond donors (Lipinski definition) is 1.